The Hall–Kier alpha value is -0.480. The third-order valence-electron chi connectivity index (χ3n) is 4.65. The van der Waals surface area contributed by atoms with Crippen LogP contribution in [0.2, 0.25) is 0 Å². The quantitative estimate of drug-likeness (QED) is 0.880. The molecule has 1 saturated heterocycles. The Morgan fingerprint density at radius 2 is 1.95 bits per heavy atom. The van der Waals surface area contributed by atoms with Gasteiger partial charge in [0.2, 0.25) is 0 Å². The van der Waals surface area contributed by atoms with Crippen LogP contribution < -0.4 is 10.1 Å². The molecule has 126 valence electrons. The van der Waals surface area contributed by atoms with Crippen molar-refractivity contribution in [1.82, 2.24) is 10.2 Å². The zero-order chi connectivity index (χ0) is 13.8. The molecule has 0 spiro atoms. The number of hydrogen-bond donors (Lipinski definition) is 1. The summed E-state index contributed by atoms with van der Waals surface area (Å²) in [6.07, 6.45) is 4.17. The van der Waals surface area contributed by atoms with Crippen LogP contribution in [0, 0.1) is 5.92 Å². The average Bonchev–Trinajstić information content (AvgIpc) is 2.44. The molecule has 0 unspecified atom stereocenters. The number of nitrogens with one attached hydrogen (secondary N) is 1. The van der Waals surface area contributed by atoms with Crippen LogP contribution in [-0.4, -0.2) is 37.7 Å². The first-order valence-corrected chi connectivity index (χ1v) is 8.06. The van der Waals surface area contributed by atoms with Gasteiger partial charge in [-0.15, -0.1) is 24.8 Å². The molecule has 0 bridgehead atoms. The summed E-state index contributed by atoms with van der Waals surface area (Å²) < 4.78 is 5.68. The van der Waals surface area contributed by atoms with Crippen LogP contribution in [0.1, 0.15) is 37.8 Å². The number of benzene rings is 1. The standard InChI is InChI=1S/C17H26N2O.2ClH/c1-2-20-16-8-4-7-15(13-16)17(14-5-3-6-14)19-11-9-18-10-12-19;;/h4,7-8,13-14,17-18H,2-3,5-6,9-12H2,1H3;2*1H/t17-;;/m1../s1. The highest BCUT2D eigenvalue weighted by Gasteiger charge is 2.33. The van der Waals surface area contributed by atoms with Crippen molar-refractivity contribution in [3.63, 3.8) is 0 Å². The Balaban J connectivity index is 0.00000121. The minimum absolute atomic E-state index is 0. The zero-order valence-corrected chi connectivity index (χ0v) is 14.9. The molecule has 3 nitrogen and oxygen atoms in total. The molecular formula is C17H28Cl2N2O. The highest BCUT2D eigenvalue weighted by atomic mass is 35.5. The summed E-state index contributed by atoms with van der Waals surface area (Å²) in [5.74, 6) is 1.86. The minimum atomic E-state index is 0. The topological polar surface area (TPSA) is 24.5 Å². The predicted octanol–water partition coefficient (Wildman–Crippen LogP) is 3.68. The molecule has 2 aliphatic rings. The Labute approximate surface area is 146 Å². The number of hydrogen-bond acceptors (Lipinski definition) is 3. The van der Waals surface area contributed by atoms with E-state index < -0.39 is 0 Å². The first-order chi connectivity index (χ1) is 9.88. The SMILES string of the molecule is CCOc1cccc([C@@H](C2CCC2)N2CCNCC2)c1.Cl.Cl. The van der Waals surface area contributed by atoms with Crippen molar-refractivity contribution in [3.05, 3.63) is 29.8 Å². The van der Waals surface area contributed by atoms with Gasteiger partial charge in [0.15, 0.2) is 0 Å². The van der Waals surface area contributed by atoms with Crippen LogP contribution in [0.25, 0.3) is 0 Å². The summed E-state index contributed by atoms with van der Waals surface area (Å²) in [7, 11) is 0. The van der Waals surface area contributed by atoms with Gasteiger partial charge in [-0.25, -0.2) is 0 Å². The Kier molecular flexibility index (Phi) is 8.55. The zero-order valence-electron chi connectivity index (χ0n) is 13.3. The fraction of sp³-hybridized carbons (Fsp3) is 0.647. The Morgan fingerprint density at radius 1 is 1.23 bits per heavy atom. The second kappa shape index (κ2) is 9.61. The van der Waals surface area contributed by atoms with Crippen LogP contribution in [0.4, 0.5) is 0 Å². The van der Waals surface area contributed by atoms with Gasteiger partial charge in [-0.1, -0.05) is 18.6 Å². The van der Waals surface area contributed by atoms with Gasteiger partial charge in [-0.2, -0.15) is 0 Å². The van der Waals surface area contributed by atoms with E-state index in [0.717, 1.165) is 31.4 Å². The van der Waals surface area contributed by atoms with E-state index in [1.54, 1.807) is 0 Å². The summed E-state index contributed by atoms with van der Waals surface area (Å²) in [5, 5.41) is 3.46. The van der Waals surface area contributed by atoms with Gasteiger partial charge in [-0.3, -0.25) is 4.90 Å². The molecule has 5 heteroatoms. The molecule has 1 N–H and O–H groups in total. The van der Waals surface area contributed by atoms with Crippen molar-refractivity contribution in [3.8, 4) is 5.75 Å². The summed E-state index contributed by atoms with van der Waals surface area (Å²) in [4.78, 5) is 2.67. The van der Waals surface area contributed by atoms with Gasteiger partial charge >= 0.3 is 0 Å². The predicted molar refractivity (Wildman–Crippen MR) is 96.6 cm³/mol. The minimum Gasteiger partial charge on any atom is -0.494 e. The van der Waals surface area contributed by atoms with Crippen molar-refractivity contribution in [2.75, 3.05) is 32.8 Å². The van der Waals surface area contributed by atoms with E-state index in [2.05, 4.69) is 34.5 Å². The third kappa shape index (κ3) is 4.51. The van der Waals surface area contributed by atoms with Crippen LogP contribution in [0.5, 0.6) is 5.75 Å². The van der Waals surface area contributed by atoms with Gasteiger partial charge < -0.3 is 10.1 Å². The number of nitrogens with zero attached hydrogens (tertiary/aromatic N) is 1. The summed E-state index contributed by atoms with van der Waals surface area (Å²) in [6.45, 7) is 7.36. The first kappa shape index (κ1) is 19.6. The largest absolute Gasteiger partial charge is 0.494 e. The van der Waals surface area contributed by atoms with Crippen molar-refractivity contribution in [1.29, 1.82) is 0 Å². The van der Waals surface area contributed by atoms with Gasteiger partial charge in [0, 0.05) is 32.2 Å². The Bertz CT molecular complexity index is 434. The van der Waals surface area contributed by atoms with Crippen molar-refractivity contribution in [2.24, 2.45) is 5.92 Å². The molecular weight excluding hydrogens is 319 g/mol. The molecule has 22 heavy (non-hydrogen) atoms. The number of ether oxygens (including phenoxy) is 1. The van der Waals surface area contributed by atoms with E-state index in [0.29, 0.717) is 6.04 Å². The second-order valence-corrected chi connectivity index (χ2v) is 5.93. The van der Waals surface area contributed by atoms with E-state index in [4.69, 9.17) is 4.74 Å². The molecule has 1 atom stereocenters. The maximum atomic E-state index is 5.68. The normalized spacial score (nSPS) is 20.2. The molecule has 1 aromatic rings. The molecule has 2 fully saturated rings. The monoisotopic (exact) mass is 346 g/mol. The third-order valence-corrected chi connectivity index (χ3v) is 4.65. The number of rotatable bonds is 5. The molecule has 0 aromatic heterocycles. The van der Waals surface area contributed by atoms with E-state index in [1.807, 2.05) is 6.92 Å². The number of halogens is 2. The molecule has 3 rings (SSSR count). The lowest BCUT2D eigenvalue weighted by Gasteiger charge is -2.43. The fourth-order valence-corrected chi connectivity index (χ4v) is 3.45. The van der Waals surface area contributed by atoms with Gasteiger partial charge in [0.05, 0.1) is 6.61 Å². The average molecular weight is 347 g/mol. The van der Waals surface area contributed by atoms with Gasteiger partial charge in [-0.05, 0) is 43.4 Å². The van der Waals surface area contributed by atoms with Crippen molar-refractivity contribution >= 4 is 24.8 Å². The summed E-state index contributed by atoms with van der Waals surface area (Å²) >= 11 is 0. The summed E-state index contributed by atoms with van der Waals surface area (Å²) in [5.41, 5.74) is 1.45. The van der Waals surface area contributed by atoms with Crippen molar-refractivity contribution < 1.29 is 4.74 Å². The molecule has 1 saturated carbocycles. The Morgan fingerprint density at radius 3 is 2.55 bits per heavy atom. The number of piperazine rings is 1. The van der Waals surface area contributed by atoms with Crippen LogP contribution in [-0.2, 0) is 0 Å². The van der Waals surface area contributed by atoms with E-state index in [-0.39, 0.29) is 24.8 Å². The lowest BCUT2D eigenvalue weighted by atomic mass is 9.76. The van der Waals surface area contributed by atoms with E-state index >= 15 is 0 Å². The first-order valence-electron chi connectivity index (χ1n) is 8.06. The maximum absolute atomic E-state index is 5.68. The van der Waals surface area contributed by atoms with Gasteiger partial charge in [0.25, 0.3) is 0 Å². The smallest absolute Gasteiger partial charge is 0.119 e. The molecule has 0 amide bonds. The maximum Gasteiger partial charge on any atom is 0.119 e. The highest BCUT2D eigenvalue weighted by Crippen LogP contribution is 2.42. The second-order valence-electron chi connectivity index (χ2n) is 5.93. The van der Waals surface area contributed by atoms with Crippen LogP contribution >= 0.6 is 24.8 Å². The molecule has 1 aliphatic carbocycles. The molecule has 1 heterocycles. The molecule has 1 aliphatic heterocycles. The molecule has 0 radical (unpaired) electrons. The molecule has 1 aromatic carbocycles. The van der Waals surface area contributed by atoms with Crippen LogP contribution in [0.15, 0.2) is 24.3 Å². The lowest BCUT2D eigenvalue weighted by Crippen LogP contribution is -2.47. The highest BCUT2D eigenvalue weighted by molar-refractivity contribution is 5.85. The van der Waals surface area contributed by atoms with Crippen LogP contribution in [0.3, 0.4) is 0 Å². The van der Waals surface area contributed by atoms with E-state index in [1.165, 1.54) is 37.9 Å². The van der Waals surface area contributed by atoms with Crippen molar-refractivity contribution in [2.45, 2.75) is 32.2 Å². The summed E-state index contributed by atoms with van der Waals surface area (Å²) in [6, 6.07) is 9.35. The lowest BCUT2D eigenvalue weighted by molar-refractivity contribution is 0.0835. The van der Waals surface area contributed by atoms with Gasteiger partial charge in [0.1, 0.15) is 5.75 Å². The fourth-order valence-electron chi connectivity index (χ4n) is 3.45. The van der Waals surface area contributed by atoms with E-state index in [9.17, 15) is 0 Å².